The second kappa shape index (κ2) is 8.82. The lowest BCUT2D eigenvalue weighted by molar-refractivity contribution is 0.723. The molecule has 0 atom stereocenters. The van der Waals surface area contributed by atoms with Crippen molar-refractivity contribution in [2.75, 3.05) is 25.1 Å². The Kier molecular flexibility index (Phi) is 6.77. The maximum Gasteiger partial charge on any atom is 0.273 e. The number of rotatable bonds is 6. The Morgan fingerprint density at radius 2 is 2.08 bits per heavy atom. The van der Waals surface area contributed by atoms with Gasteiger partial charge < -0.3 is 16.5 Å². The molecular formula is C15H19Cl2N7O. The number of amidine groups is 1. The third-order valence-electron chi connectivity index (χ3n) is 3.45. The summed E-state index contributed by atoms with van der Waals surface area (Å²) in [6.07, 6.45) is 0.790. The molecule has 0 saturated carbocycles. The number of halogens is 2. The summed E-state index contributed by atoms with van der Waals surface area (Å²) in [7, 11) is 0. The van der Waals surface area contributed by atoms with Crippen molar-refractivity contribution in [2.24, 2.45) is 10.7 Å². The van der Waals surface area contributed by atoms with E-state index in [1.165, 1.54) is 10.7 Å². The number of nitrogens with zero attached hydrogens (tertiary/aromatic N) is 3. The van der Waals surface area contributed by atoms with Crippen molar-refractivity contribution in [1.82, 2.24) is 20.6 Å². The zero-order chi connectivity index (χ0) is 16.9. The van der Waals surface area contributed by atoms with Crippen LogP contribution in [0.25, 0.3) is 5.69 Å². The van der Waals surface area contributed by atoms with Crippen molar-refractivity contribution in [1.29, 1.82) is 0 Å². The minimum Gasteiger partial charge on any atom is -0.383 e. The summed E-state index contributed by atoms with van der Waals surface area (Å²) in [4.78, 5) is 16.8. The van der Waals surface area contributed by atoms with E-state index in [2.05, 4.69) is 26.3 Å². The fourth-order valence-corrected chi connectivity index (χ4v) is 2.40. The summed E-state index contributed by atoms with van der Waals surface area (Å²) >= 11 is 5.90. The molecule has 134 valence electrons. The minimum absolute atomic E-state index is 0. The smallest absolute Gasteiger partial charge is 0.273 e. The number of hydrazine groups is 1. The van der Waals surface area contributed by atoms with Crippen LogP contribution in [0.3, 0.4) is 0 Å². The Morgan fingerprint density at radius 3 is 2.72 bits per heavy atom. The number of anilines is 1. The summed E-state index contributed by atoms with van der Waals surface area (Å²) in [5.74, 6) is 0.577. The van der Waals surface area contributed by atoms with Crippen molar-refractivity contribution < 1.29 is 0 Å². The third-order valence-corrected chi connectivity index (χ3v) is 3.70. The molecule has 1 aromatic heterocycles. The van der Waals surface area contributed by atoms with Crippen LogP contribution in [0.1, 0.15) is 12.1 Å². The van der Waals surface area contributed by atoms with E-state index in [4.69, 9.17) is 17.3 Å². The number of nitrogens with one attached hydrogen (secondary N) is 3. The van der Waals surface area contributed by atoms with Crippen LogP contribution in [0.4, 0.5) is 5.69 Å². The van der Waals surface area contributed by atoms with E-state index in [1.54, 1.807) is 24.3 Å². The van der Waals surface area contributed by atoms with Crippen LogP contribution >= 0.6 is 24.0 Å². The van der Waals surface area contributed by atoms with Gasteiger partial charge in [-0.05, 0) is 37.2 Å². The minimum atomic E-state index is -0.247. The molecule has 0 radical (unpaired) electrons. The number of aliphatic imine (C=N–C) groups is 1. The topological polar surface area (TPSA) is 109 Å². The predicted octanol–water partition coefficient (Wildman–Crippen LogP) is 0.880. The molecular weight excluding hydrogens is 365 g/mol. The Morgan fingerprint density at radius 1 is 1.32 bits per heavy atom. The highest BCUT2D eigenvalue weighted by Gasteiger charge is 2.17. The molecule has 0 spiro atoms. The summed E-state index contributed by atoms with van der Waals surface area (Å²) in [5, 5.41) is 8.26. The first-order valence-corrected chi connectivity index (χ1v) is 7.95. The van der Waals surface area contributed by atoms with Crippen LogP contribution in [0.15, 0.2) is 40.1 Å². The van der Waals surface area contributed by atoms with Crippen molar-refractivity contribution in [3.63, 3.8) is 0 Å². The molecule has 0 aliphatic carbocycles. The van der Waals surface area contributed by atoms with E-state index in [-0.39, 0.29) is 18.0 Å². The number of hydrogen-bond acceptors (Lipinski definition) is 7. The second-order valence-corrected chi connectivity index (χ2v) is 5.61. The average Bonchev–Trinajstić information content (AvgIpc) is 3.11. The molecule has 0 fully saturated rings. The first-order valence-electron chi connectivity index (χ1n) is 7.57. The number of benzene rings is 1. The Hall–Kier alpha value is -2.13. The monoisotopic (exact) mass is 383 g/mol. The van der Waals surface area contributed by atoms with Gasteiger partial charge in [-0.15, -0.1) is 12.4 Å². The van der Waals surface area contributed by atoms with Gasteiger partial charge in [-0.1, -0.05) is 11.6 Å². The zero-order valence-corrected chi connectivity index (χ0v) is 14.9. The average molecular weight is 384 g/mol. The first-order chi connectivity index (χ1) is 11.7. The Labute approximate surface area is 155 Å². The highest BCUT2D eigenvalue weighted by molar-refractivity contribution is 6.30. The molecule has 5 N–H and O–H groups in total. The molecule has 0 unspecified atom stereocenters. The van der Waals surface area contributed by atoms with Crippen LogP contribution < -0.4 is 27.5 Å². The fraction of sp³-hybridized carbons (Fsp3) is 0.267. The predicted molar refractivity (Wildman–Crippen MR) is 102 cm³/mol. The molecule has 0 amide bonds. The van der Waals surface area contributed by atoms with Crippen molar-refractivity contribution in [2.45, 2.75) is 6.42 Å². The highest BCUT2D eigenvalue weighted by atomic mass is 35.5. The zero-order valence-electron chi connectivity index (χ0n) is 13.3. The molecule has 25 heavy (non-hydrogen) atoms. The van der Waals surface area contributed by atoms with E-state index in [0.717, 1.165) is 6.42 Å². The normalized spacial score (nSPS) is 13.0. The Balaban J connectivity index is 0.00000225. The van der Waals surface area contributed by atoms with Crippen LogP contribution in [-0.4, -0.2) is 35.4 Å². The standard InChI is InChI=1S/C15H18ClN7O.ClH/c16-10-2-4-11(5-3-10)23-13(24)8-12(18-7-1-6-17)14(22-23)15-19-9-20-21-15;/h2-5,8,18,20H,1,6-7,9,17H2,(H,19,21);1H. The SMILES string of the molecule is Cl.NCCCNc1cc(=O)n(-c2ccc(Cl)cc2)nc1C1=NCNN1. The molecule has 1 aromatic carbocycles. The largest absolute Gasteiger partial charge is 0.383 e. The lowest BCUT2D eigenvalue weighted by Gasteiger charge is -2.13. The second-order valence-electron chi connectivity index (χ2n) is 5.17. The Bertz CT molecular complexity index is 805. The van der Waals surface area contributed by atoms with Crippen molar-refractivity contribution in [3.8, 4) is 5.69 Å². The van der Waals surface area contributed by atoms with Gasteiger partial charge in [0.15, 0.2) is 11.5 Å². The summed E-state index contributed by atoms with van der Waals surface area (Å²) < 4.78 is 1.32. The van der Waals surface area contributed by atoms with Crippen LogP contribution in [0.5, 0.6) is 0 Å². The molecule has 1 aliphatic rings. The summed E-state index contributed by atoms with van der Waals surface area (Å²) in [6, 6.07) is 8.42. The van der Waals surface area contributed by atoms with Crippen molar-refractivity contribution in [3.05, 3.63) is 51.4 Å². The molecule has 1 aliphatic heterocycles. The van der Waals surface area contributed by atoms with Crippen LogP contribution in [0.2, 0.25) is 5.02 Å². The summed E-state index contributed by atoms with van der Waals surface area (Å²) in [6.45, 7) is 1.66. The van der Waals surface area contributed by atoms with Gasteiger partial charge in [0.05, 0.1) is 11.4 Å². The summed E-state index contributed by atoms with van der Waals surface area (Å²) in [5.41, 5.74) is 12.9. The van der Waals surface area contributed by atoms with E-state index in [9.17, 15) is 4.79 Å². The molecule has 2 heterocycles. The van der Waals surface area contributed by atoms with E-state index >= 15 is 0 Å². The van der Waals surface area contributed by atoms with E-state index < -0.39 is 0 Å². The molecule has 0 saturated heterocycles. The maximum atomic E-state index is 12.5. The van der Waals surface area contributed by atoms with Gasteiger partial charge in [-0.2, -0.15) is 9.78 Å². The van der Waals surface area contributed by atoms with Gasteiger partial charge in [-0.3, -0.25) is 4.79 Å². The fourth-order valence-electron chi connectivity index (χ4n) is 2.27. The van der Waals surface area contributed by atoms with Gasteiger partial charge in [0.2, 0.25) is 0 Å². The quantitative estimate of drug-likeness (QED) is 0.551. The molecule has 2 aromatic rings. The highest BCUT2D eigenvalue weighted by Crippen LogP contribution is 2.15. The van der Waals surface area contributed by atoms with Gasteiger partial charge in [-0.25, -0.2) is 10.4 Å². The molecule has 8 nitrogen and oxygen atoms in total. The number of nitrogens with two attached hydrogens (primary N) is 1. The molecule has 0 bridgehead atoms. The van der Waals surface area contributed by atoms with Gasteiger partial charge >= 0.3 is 0 Å². The number of hydrogen-bond donors (Lipinski definition) is 4. The molecule has 3 rings (SSSR count). The first kappa shape index (κ1) is 19.2. The van der Waals surface area contributed by atoms with Crippen LogP contribution in [0, 0.1) is 0 Å². The van der Waals surface area contributed by atoms with Gasteiger partial charge in [0.1, 0.15) is 6.67 Å². The lowest BCUT2D eigenvalue weighted by Crippen LogP contribution is -2.34. The van der Waals surface area contributed by atoms with E-state index in [1.807, 2.05) is 0 Å². The maximum absolute atomic E-state index is 12.5. The van der Waals surface area contributed by atoms with E-state index in [0.29, 0.717) is 47.7 Å². The van der Waals surface area contributed by atoms with Crippen LogP contribution in [-0.2, 0) is 0 Å². The van der Waals surface area contributed by atoms with Gasteiger partial charge in [0.25, 0.3) is 5.56 Å². The lowest BCUT2D eigenvalue weighted by atomic mass is 10.2. The van der Waals surface area contributed by atoms with Crippen molar-refractivity contribution >= 4 is 35.5 Å². The number of aromatic nitrogens is 2. The van der Waals surface area contributed by atoms with Gasteiger partial charge in [0, 0.05) is 17.6 Å². The third kappa shape index (κ3) is 4.49. The molecule has 10 heteroatoms.